The van der Waals surface area contributed by atoms with Crippen LogP contribution in [-0.2, 0) is 13.9 Å². The maximum atomic E-state index is 6.98. The van der Waals surface area contributed by atoms with E-state index in [2.05, 4.69) is 81.5 Å². The van der Waals surface area contributed by atoms with Crippen molar-refractivity contribution in [2.75, 3.05) is 19.8 Å². The molecule has 3 aliphatic rings. The van der Waals surface area contributed by atoms with Crippen LogP contribution in [0.2, 0.25) is 0 Å². The summed E-state index contributed by atoms with van der Waals surface area (Å²) in [5.41, 5.74) is 2.70. The average molecular weight is 1120 g/mol. The van der Waals surface area contributed by atoms with Gasteiger partial charge in [0, 0.05) is 26.0 Å². The highest BCUT2D eigenvalue weighted by atomic mass is 32.2. The Labute approximate surface area is 485 Å². The Balaban J connectivity index is 1.23. The Morgan fingerprint density at radius 1 is 0.342 bits per heavy atom. The van der Waals surface area contributed by atoms with Crippen molar-refractivity contribution < 1.29 is 13.9 Å². The Morgan fingerprint density at radius 3 is 0.868 bits per heavy atom. The molecule has 0 radical (unpaired) electrons. The highest BCUT2D eigenvalue weighted by Gasteiger charge is 2.39. The SMILES string of the molecule is CCCCCCCCCCCCCCCCOC1=CC(=C(C2Sc3ccccc3S2)C2Sc3ccccc3S2)C=C(OCCCCCCCCCCCCCCCC)C1=[O+]CCCCCCCCCCCCCCCC. The number of unbranched alkanes of at least 4 members (excludes halogenated alkanes) is 39. The molecule has 76 heavy (non-hydrogen) atoms. The van der Waals surface area contributed by atoms with Crippen LogP contribution in [0.15, 0.2) is 103 Å². The van der Waals surface area contributed by atoms with Crippen molar-refractivity contribution in [3.05, 3.63) is 83.3 Å². The first kappa shape index (κ1) is 65.1. The predicted molar refractivity (Wildman–Crippen MR) is 340 cm³/mol. The number of ketones is 1. The van der Waals surface area contributed by atoms with Crippen molar-refractivity contribution in [2.45, 2.75) is 319 Å². The van der Waals surface area contributed by atoms with E-state index in [-0.39, 0.29) is 9.16 Å². The second-order valence-electron chi connectivity index (χ2n) is 22.6. The monoisotopic (exact) mass is 1120 g/mol. The standard InChI is InChI=1S/C69H111O3S4/c1-4-7-10-13-16-19-22-25-28-31-34-37-40-47-54-70-60-57-59(66(68-73-62-50-43-44-51-63(62)74-68)69-75-64-52-45-46-53-65(64)76-69)58-61(71-55-48-41-38-35-32-29-26-23-20-17-14-11-8-5-2)67(60)72-56-49-42-39-36-33-30-27-24-21-18-15-12-9-6-3/h43-46,50-53,57-58,68-69H,4-42,47-49,54-56H2,1-3H3/q+1. The fourth-order valence-corrected chi connectivity index (χ4v) is 17.4. The van der Waals surface area contributed by atoms with Gasteiger partial charge in [0.05, 0.1) is 22.4 Å². The topological polar surface area (TPSA) is 29.8 Å². The highest BCUT2D eigenvalue weighted by Crippen LogP contribution is 2.59. The van der Waals surface area contributed by atoms with Crippen LogP contribution >= 0.6 is 47.0 Å². The molecule has 428 valence electrons. The maximum Gasteiger partial charge on any atom is 0.426 e. The lowest BCUT2D eigenvalue weighted by atomic mass is 10.0. The lowest BCUT2D eigenvalue weighted by Gasteiger charge is -2.23. The van der Waals surface area contributed by atoms with Gasteiger partial charge in [0.15, 0.2) is 0 Å². The zero-order valence-electron chi connectivity index (χ0n) is 49.1. The summed E-state index contributed by atoms with van der Waals surface area (Å²) < 4.78 is 21.4. The molecule has 0 atom stereocenters. The Bertz CT molecular complexity index is 1740. The minimum absolute atomic E-state index is 0.260. The number of carbonyl (C=O) groups excluding carboxylic acids is 1. The Kier molecular flexibility index (Phi) is 37.8. The fourth-order valence-electron chi connectivity index (χ4n) is 11.0. The molecule has 3 nitrogen and oxygen atoms in total. The summed E-state index contributed by atoms with van der Waals surface area (Å²) in [5.74, 6) is 2.59. The van der Waals surface area contributed by atoms with Crippen LogP contribution in [0.25, 0.3) is 0 Å². The summed E-state index contributed by atoms with van der Waals surface area (Å²) in [6, 6.07) is 18.0. The van der Waals surface area contributed by atoms with E-state index < -0.39 is 0 Å². The molecule has 0 N–H and O–H groups in total. The van der Waals surface area contributed by atoms with E-state index in [1.165, 1.54) is 281 Å². The van der Waals surface area contributed by atoms with Gasteiger partial charge in [-0.1, -0.05) is 289 Å². The largest absolute Gasteiger partial charge is 0.485 e. The van der Waals surface area contributed by atoms with E-state index >= 15 is 0 Å². The van der Waals surface area contributed by atoms with E-state index in [0.29, 0.717) is 19.8 Å². The molecule has 2 heterocycles. The van der Waals surface area contributed by atoms with Crippen LogP contribution in [0.5, 0.6) is 0 Å². The number of benzene rings is 2. The van der Waals surface area contributed by atoms with Crippen molar-refractivity contribution in [1.29, 1.82) is 0 Å². The number of allylic oxidation sites excluding steroid dienone is 3. The second-order valence-corrected chi connectivity index (χ2v) is 27.8. The van der Waals surface area contributed by atoms with E-state index in [0.717, 1.165) is 36.6 Å². The van der Waals surface area contributed by atoms with Crippen molar-refractivity contribution in [3.8, 4) is 0 Å². The van der Waals surface area contributed by atoms with Gasteiger partial charge in [-0.05, 0) is 66.8 Å². The average Bonchev–Trinajstić information content (AvgIpc) is 4.08. The molecule has 0 amide bonds. The molecular formula is C69H111O3S4+. The summed E-state index contributed by atoms with van der Waals surface area (Å²) in [7, 11) is 0. The lowest BCUT2D eigenvalue weighted by Crippen LogP contribution is -2.22. The minimum Gasteiger partial charge on any atom is -0.485 e. The predicted octanol–water partition coefficient (Wildman–Crippen LogP) is 24.1. The van der Waals surface area contributed by atoms with Gasteiger partial charge in [0.25, 0.3) is 6.61 Å². The summed E-state index contributed by atoms with van der Waals surface area (Å²) in [6.45, 7) is 9.05. The zero-order valence-corrected chi connectivity index (χ0v) is 52.4. The molecule has 5 rings (SSSR count). The summed E-state index contributed by atoms with van der Waals surface area (Å²) in [5, 5.41) is 0. The van der Waals surface area contributed by atoms with Gasteiger partial charge < -0.3 is 9.47 Å². The van der Waals surface area contributed by atoms with Crippen molar-refractivity contribution in [3.63, 3.8) is 0 Å². The Hall–Kier alpha value is -1.67. The van der Waals surface area contributed by atoms with Crippen LogP contribution in [0, 0.1) is 0 Å². The number of thioether (sulfide) groups is 4. The first-order valence-electron chi connectivity index (χ1n) is 32.5. The maximum absolute atomic E-state index is 6.98. The molecule has 0 bridgehead atoms. The van der Waals surface area contributed by atoms with Gasteiger partial charge in [-0.15, -0.1) is 47.0 Å². The molecule has 7 heteroatoms. The van der Waals surface area contributed by atoms with Gasteiger partial charge in [-0.25, -0.2) is 4.42 Å². The molecule has 0 spiro atoms. The van der Waals surface area contributed by atoms with Crippen LogP contribution < -0.4 is 0 Å². The van der Waals surface area contributed by atoms with E-state index in [1.54, 1.807) is 0 Å². The number of ether oxygens (including phenoxy) is 2. The molecule has 0 fully saturated rings. The highest BCUT2D eigenvalue weighted by molar-refractivity contribution is 8.21. The third kappa shape index (κ3) is 27.7. The second kappa shape index (κ2) is 44.0. The van der Waals surface area contributed by atoms with Crippen molar-refractivity contribution >= 4 is 52.8 Å². The van der Waals surface area contributed by atoms with E-state index in [1.807, 2.05) is 47.0 Å². The fraction of sp³-hybridized carbons (Fsp3) is 0.725. The minimum atomic E-state index is 0.260. The van der Waals surface area contributed by atoms with Gasteiger partial charge in [0.2, 0.25) is 11.5 Å². The van der Waals surface area contributed by atoms with Gasteiger partial charge >= 0.3 is 5.78 Å². The first-order chi connectivity index (χ1) is 37.7. The van der Waals surface area contributed by atoms with Crippen LogP contribution in [0.4, 0.5) is 0 Å². The smallest absolute Gasteiger partial charge is 0.426 e. The lowest BCUT2D eigenvalue weighted by molar-refractivity contribution is -0.458. The van der Waals surface area contributed by atoms with Crippen LogP contribution in [0.1, 0.15) is 290 Å². The zero-order chi connectivity index (χ0) is 53.2. The van der Waals surface area contributed by atoms with Crippen molar-refractivity contribution in [2.24, 2.45) is 0 Å². The summed E-state index contributed by atoms with van der Waals surface area (Å²) >= 11 is 8.07. The summed E-state index contributed by atoms with van der Waals surface area (Å²) in [4.78, 5) is 5.55. The molecule has 0 aromatic heterocycles. The third-order valence-electron chi connectivity index (χ3n) is 15.8. The molecule has 0 unspecified atom stereocenters. The molecule has 0 saturated heterocycles. The number of hydrogen-bond acceptors (Lipinski definition) is 6. The Morgan fingerprint density at radius 2 is 0.592 bits per heavy atom. The third-order valence-corrected chi connectivity index (χ3v) is 21.5. The number of hydrogen-bond donors (Lipinski definition) is 0. The molecule has 2 aromatic rings. The van der Waals surface area contributed by atoms with Crippen molar-refractivity contribution in [1.82, 2.24) is 0 Å². The number of fused-ring (bicyclic) bond motifs is 2. The normalized spacial score (nSPS) is 14.6. The summed E-state index contributed by atoms with van der Waals surface area (Å²) in [6.07, 6.45) is 61.6. The van der Waals surface area contributed by atoms with Gasteiger partial charge in [-0.2, -0.15) is 0 Å². The molecule has 1 aliphatic carbocycles. The first-order valence-corrected chi connectivity index (χ1v) is 36.0. The van der Waals surface area contributed by atoms with Crippen LogP contribution in [0.3, 0.4) is 0 Å². The quantitative estimate of drug-likeness (QED) is 0.0485. The molecule has 0 saturated carbocycles. The molecule has 2 aliphatic heterocycles. The van der Waals surface area contributed by atoms with Gasteiger partial charge in [-0.3, -0.25) is 0 Å². The van der Waals surface area contributed by atoms with E-state index in [4.69, 9.17) is 13.9 Å². The van der Waals surface area contributed by atoms with Crippen LogP contribution in [-0.4, -0.2) is 34.8 Å². The van der Waals surface area contributed by atoms with Gasteiger partial charge in [0.1, 0.15) is 0 Å². The molecular weight excluding hydrogens is 1010 g/mol. The van der Waals surface area contributed by atoms with E-state index in [9.17, 15) is 0 Å². The number of rotatable bonds is 49. The molecule has 2 aromatic carbocycles.